The zero-order valence-electron chi connectivity index (χ0n) is 17.2. The predicted molar refractivity (Wildman–Crippen MR) is 121 cm³/mol. The number of rotatable bonds is 5. The fourth-order valence-corrected chi connectivity index (χ4v) is 3.57. The second-order valence-electron chi connectivity index (χ2n) is 7.35. The van der Waals surface area contributed by atoms with Gasteiger partial charge in [0.1, 0.15) is 11.3 Å². The molecule has 0 fully saturated rings. The summed E-state index contributed by atoms with van der Waals surface area (Å²) in [5.41, 5.74) is 10.3. The summed E-state index contributed by atoms with van der Waals surface area (Å²) < 4.78 is 27.7. The van der Waals surface area contributed by atoms with Gasteiger partial charge in [-0.3, -0.25) is 9.55 Å². The van der Waals surface area contributed by atoms with Crippen molar-refractivity contribution >= 4 is 17.0 Å². The van der Waals surface area contributed by atoms with E-state index >= 15 is 0 Å². The molecule has 0 saturated carbocycles. The molecule has 0 saturated heterocycles. The third-order valence-electron chi connectivity index (χ3n) is 5.26. The molecule has 7 nitrogen and oxygen atoms in total. The molecule has 0 aliphatic carbocycles. The van der Waals surface area contributed by atoms with Crippen molar-refractivity contribution in [2.24, 2.45) is 0 Å². The summed E-state index contributed by atoms with van der Waals surface area (Å²) in [5.74, 6) is 0.878. The van der Waals surface area contributed by atoms with E-state index in [-0.39, 0.29) is 12.2 Å². The number of aromatic nitrogens is 5. The van der Waals surface area contributed by atoms with Crippen LogP contribution in [0, 0.1) is 0 Å². The minimum atomic E-state index is -2.59. The van der Waals surface area contributed by atoms with E-state index < -0.39 is 6.43 Å². The average molecular weight is 444 g/mol. The van der Waals surface area contributed by atoms with E-state index in [0.29, 0.717) is 39.8 Å². The van der Waals surface area contributed by atoms with Gasteiger partial charge in [0.2, 0.25) is 0 Å². The largest absolute Gasteiger partial charge is 0.392 e. The van der Waals surface area contributed by atoms with Crippen molar-refractivity contribution in [2.45, 2.75) is 13.0 Å². The first kappa shape index (κ1) is 20.7. The lowest BCUT2D eigenvalue weighted by Crippen LogP contribution is -2.02. The second kappa shape index (κ2) is 8.36. The van der Waals surface area contributed by atoms with Crippen molar-refractivity contribution in [3.05, 3.63) is 84.2 Å². The number of nitrogens with zero attached hydrogens (tertiary/aromatic N) is 5. The first-order chi connectivity index (χ1) is 16.0. The first-order valence-corrected chi connectivity index (χ1v) is 10.1. The molecule has 0 aliphatic rings. The van der Waals surface area contributed by atoms with Crippen LogP contribution in [-0.2, 0) is 6.61 Å². The van der Waals surface area contributed by atoms with Crippen LogP contribution in [0.15, 0.2) is 73.1 Å². The summed E-state index contributed by atoms with van der Waals surface area (Å²) in [6.07, 6.45) is 0.170. The van der Waals surface area contributed by atoms with Crippen molar-refractivity contribution in [2.75, 3.05) is 5.73 Å². The Morgan fingerprint density at radius 2 is 1.70 bits per heavy atom. The van der Waals surface area contributed by atoms with Crippen LogP contribution in [0.5, 0.6) is 0 Å². The monoisotopic (exact) mass is 444 g/mol. The summed E-state index contributed by atoms with van der Waals surface area (Å²) in [5, 5.41) is 9.41. The Morgan fingerprint density at radius 1 is 0.909 bits per heavy atom. The highest BCUT2D eigenvalue weighted by Gasteiger charge is 2.19. The Kier molecular flexibility index (Phi) is 5.23. The molecule has 0 bridgehead atoms. The normalized spacial score (nSPS) is 11.4. The third-order valence-corrected chi connectivity index (χ3v) is 5.26. The van der Waals surface area contributed by atoms with Crippen molar-refractivity contribution in [3.63, 3.8) is 0 Å². The van der Waals surface area contributed by atoms with Crippen molar-refractivity contribution in [3.8, 4) is 28.5 Å². The Bertz CT molecular complexity index is 1430. The lowest BCUT2D eigenvalue weighted by Gasteiger charge is -2.11. The fourth-order valence-electron chi connectivity index (χ4n) is 3.57. The molecule has 0 spiro atoms. The quantitative estimate of drug-likeness (QED) is 0.412. The van der Waals surface area contributed by atoms with Crippen LogP contribution < -0.4 is 5.73 Å². The SMILES string of the molecule is Nc1ncccc1-c1nc2ccc(-c3ccc(C(F)F)cn3)nc2n1-c1ccc(CO)cc1. The number of hydrogen-bond donors (Lipinski definition) is 2. The lowest BCUT2D eigenvalue weighted by molar-refractivity contribution is 0.151. The van der Waals surface area contributed by atoms with Gasteiger partial charge in [0.15, 0.2) is 11.5 Å². The smallest absolute Gasteiger partial charge is 0.265 e. The van der Waals surface area contributed by atoms with Crippen LogP contribution in [0.1, 0.15) is 17.6 Å². The highest BCUT2D eigenvalue weighted by Crippen LogP contribution is 2.31. The molecule has 4 aromatic heterocycles. The summed E-state index contributed by atoms with van der Waals surface area (Å²) in [7, 11) is 0. The molecule has 0 aliphatic heterocycles. The number of fused-ring (bicyclic) bond motifs is 1. The van der Waals surface area contributed by atoms with Gasteiger partial charge in [-0.25, -0.2) is 23.7 Å². The fraction of sp³-hybridized carbons (Fsp3) is 0.0833. The third kappa shape index (κ3) is 3.79. The summed E-state index contributed by atoms with van der Waals surface area (Å²) in [4.78, 5) is 17.8. The van der Waals surface area contributed by atoms with Gasteiger partial charge in [-0.1, -0.05) is 12.1 Å². The predicted octanol–water partition coefficient (Wildman–Crippen LogP) is 4.56. The second-order valence-corrected chi connectivity index (χ2v) is 7.35. The molecule has 33 heavy (non-hydrogen) atoms. The standard InChI is InChI=1S/C24H18F2N6O/c25-21(26)15-5-8-18(29-12-15)19-9-10-20-24(30-19)32(16-6-3-14(13-33)4-7-16)23(31-20)17-2-1-11-28-22(17)27/h1-12,21,33H,13H2,(H2,27,28). The molecular formula is C24H18F2N6O. The number of anilines is 1. The highest BCUT2D eigenvalue weighted by molar-refractivity contribution is 5.84. The molecule has 0 amide bonds. The van der Waals surface area contributed by atoms with Crippen LogP contribution in [0.25, 0.3) is 39.6 Å². The van der Waals surface area contributed by atoms with Gasteiger partial charge in [0.05, 0.1) is 23.6 Å². The number of imidazole rings is 1. The number of nitrogens with two attached hydrogens (primary N) is 1. The van der Waals surface area contributed by atoms with E-state index in [2.05, 4.69) is 9.97 Å². The number of aliphatic hydroxyl groups excluding tert-OH is 1. The van der Waals surface area contributed by atoms with E-state index in [9.17, 15) is 13.9 Å². The van der Waals surface area contributed by atoms with E-state index in [0.717, 1.165) is 17.4 Å². The highest BCUT2D eigenvalue weighted by atomic mass is 19.3. The molecule has 1 aromatic carbocycles. The van der Waals surface area contributed by atoms with Gasteiger partial charge in [-0.05, 0) is 54.1 Å². The molecule has 0 radical (unpaired) electrons. The van der Waals surface area contributed by atoms with Gasteiger partial charge in [0.25, 0.3) is 6.43 Å². The molecule has 0 atom stereocenters. The topological polar surface area (TPSA) is 103 Å². The van der Waals surface area contributed by atoms with Gasteiger partial charge in [0, 0.05) is 23.6 Å². The molecule has 9 heteroatoms. The number of benzene rings is 1. The van der Waals surface area contributed by atoms with Gasteiger partial charge >= 0.3 is 0 Å². The van der Waals surface area contributed by atoms with Crippen LogP contribution in [-0.4, -0.2) is 29.6 Å². The summed E-state index contributed by atoms with van der Waals surface area (Å²) in [6.45, 7) is -0.0734. The van der Waals surface area contributed by atoms with E-state index in [1.54, 1.807) is 24.4 Å². The van der Waals surface area contributed by atoms with Crippen LogP contribution in [0.2, 0.25) is 0 Å². The molecule has 5 aromatic rings. The number of nitrogen functional groups attached to an aromatic ring is 1. The molecule has 164 valence electrons. The van der Waals surface area contributed by atoms with Crippen molar-refractivity contribution in [1.82, 2.24) is 24.5 Å². The Morgan fingerprint density at radius 3 is 2.36 bits per heavy atom. The average Bonchev–Trinajstić information content (AvgIpc) is 3.23. The Balaban J connectivity index is 1.72. The lowest BCUT2D eigenvalue weighted by atomic mass is 10.2. The number of aliphatic hydroxyl groups is 1. The first-order valence-electron chi connectivity index (χ1n) is 10.1. The molecule has 3 N–H and O–H groups in total. The minimum absolute atomic E-state index is 0.0734. The molecule has 5 rings (SSSR count). The molecular weight excluding hydrogens is 426 g/mol. The van der Waals surface area contributed by atoms with E-state index in [4.69, 9.17) is 15.7 Å². The number of halogens is 2. The van der Waals surface area contributed by atoms with Gasteiger partial charge in [-0.2, -0.15) is 0 Å². The van der Waals surface area contributed by atoms with Gasteiger partial charge < -0.3 is 10.8 Å². The van der Waals surface area contributed by atoms with Gasteiger partial charge in [-0.15, -0.1) is 0 Å². The maximum atomic E-state index is 12.9. The van der Waals surface area contributed by atoms with Crippen LogP contribution in [0.4, 0.5) is 14.6 Å². The Hall–Kier alpha value is -4.24. The minimum Gasteiger partial charge on any atom is -0.392 e. The molecule has 0 unspecified atom stereocenters. The van der Waals surface area contributed by atoms with E-state index in [1.165, 1.54) is 12.1 Å². The summed E-state index contributed by atoms with van der Waals surface area (Å²) in [6, 6.07) is 17.3. The number of pyridine rings is 3. The number of alkyl halides is 2. The summed E-state index contributed by atoms with van der Waals surface area (Å²) >= 11 is 0. The van der Waals surface area contributed by atoms with Crippen molar-refractivity contribution in [1.29, 1.82) is 0 Å². The van der Waals surface area contributed by atoms with Crippen LogP contribution in [0.3, 0.4) is 0 Å². The maximum absolute atomic E-state index is 12.9. The van der Waals surface area contributed by atoms with Crippen LogP contribution >= 0.6 is 0 Å². The number of hydrogen-bond acceptors (Lipinski definition) is 6. The zero-order chi connectivity index (χ0) is 22.9. The Labute approximate surface area is 187 Å². The van der Waals surface area contributed by atoms with Crippen molar-refractivity contribution < 1.29 is 13.9 Å². The molecule has 4 heterocycles. The van der Waals surface area contributed by atoms with E-state index in [1.807, 2.05) is 34.9 Å². The zero-order valence-corrected chi connectivity index (χ0v) is 17.2. The maximum Gasteiger partial charge on any atom is 0.265 e.